The first-order chi connectivity index (χ1) is 16.9. The van der Waals surface area contributed by atoms with E-state index < -0.39 is 0 Å². The van der Waals surface area contributed by atoms with E-state index in [1.54, 1.807) is 53.1 Å². The van der Waals surface area contributed by atoms with E-state index in [4.69, 9.17) is 32.7 Å². The summed E-state index contributed by atoms with van der Waals surface area (Å²) in [4.78, 5) is 26.9. The van der Waals surface area contributed by atoms with Crippen molar-refractivity contribution in [1.29, 1.82) is 0 Å². The third-order valence-corrected chi connectivity index (χ3v) is 7.58. The van der Waals surface area contributed by atoms with Gasteiger partial charge in [-0.2, -0.15) is 0 Å². The Morgan fingerprint density at radius 3 is 2.40 bits per heavy atom. The maximum absolute atomic E-state index is 12.7. The van der Waals surface area contributed by atoms with Crippen LogP contribution < -0.4 is 19.7 Å². The van der Waals surface area contributed by atoms with Crippen LogP contribution in [0.15, 0.2) is 60.7 Å². The summed E-state index contributed by atoms with van der Waals surface area (Å²) in [5, 5.41) is 3.75. The Morgan fingerprint density at radius 2 is 1.74 bits per heavy atom. The molecule has 0 spiro atoms. The highest BCUT2D eigenvalue weighted by Gasteiger charge is 2.35. The first kappa shape index (κ1) is 25.9. The van der Waals surface area contributed by atoms with E-state index in [9.17, 15) is 9.59 Å². The summed E-state index contributed by atoms with van der Waals surface area (Å²) in [6.07, 6.45) is 0. The molecule has 0 aliphatic carbocycles. The summed E-state index contributed by atoms with van der Waals surface area (Å²) in [6.45, 7) is 2.11. The number of hydrogen-bond donors (Lipinski definition) is 1. The van der Waals surface area contributed by atoms with Gasteiger partial charge in [-0.15, -0.1) is 11.8 Å². The number of hydrogen-bond acceptors (Lipinski definition) is 5. The van der Waals surface area contributed by atoms with Crippen LogP contribution in [0.3, 0.4) is 0 Å². The van der Waals surface area contributed by atoms with E-state index in [0.29, 0.717) is 39.6 Å². The van der Waals surface area contributed by atoms with Gasteiger partial charge in [-0.05, 0) is 95.7 Å². The first-order valence-corrected chi connectivity index (χ1v) is 13.6. The number of carbonyl (C=O) groups is 2. The van der Waals surface area contributed by atoms with Gasteiger partial charge in [0.25, 0.3) is 5.91 Å². The van der Waals surface area contributed by atoms with Crippen LogP contribution >= 0.6 is 57.6 Å². The molecule has 1 fully saturated rings. The Bertz CT molecular complexity index is 1230. The molecule has 4 rings (SSSR count). The lowest BCUT2D eigenvalue weighted by Crippen LogP contribution is -2.27. The van der Waals surface area contributed by atoms with Crippen molar-refractivity contribution in [2.45, 2.75) is 12.3 Å². The molecule has 1 heterocycles. The highest BCUT2D eigenvalue weighted by molar-refractivity contribution is 14.1. The van der Waals surface area contributed by atoms with Crippen molar-refractivity contribution in [2.24, 2.45) is 0 Å². The molecule has 1 atom stereocenters. The van der Waals surface area contributed by atoms with Crippen LogP contribution in [0.25, 0.3) is 0 Å². The quantitative estimate of drug-likeness (QED) is 0.274. The number of amides is 2. The van der Waals surface area contributed by atoms with Gasteiger partial charge >= 0.3 is 0 Å². The molecule has 10 heteroatoms. The molecule has 6 nitrogen and oxygen atoms in total. The van der Waals surface area contributed by atoms with E-state index >= 15 is 0 Å². The van der Waals surface area contributed by atoms with Crippen molar-refractivity contribution in [3.05, 3.63) is 79.8 Å². The number of ether oxygens (including phenoxy) is 2. The predicted molar refractivity (Wildman–Crippen MR) is 150 cm³/mol. The van der Waals surface area contributed by atoms with Crippen LogP contribution in [-0.2, 0) is 9.59 Å². The Hall–Kier alpha value is -2.14. The number of nitrogens with one attached hydrogen (secondary N) is 1. The average Bonchev–Trinajstić information content (AvgIpc) is 3.22. The Morgan fingerprint density at radius 1 is 1.09 bits per heavy atom. The summed E-state index contributed by atoms with van der Waals surface area (Å²) in [5.41, 5.74) is 2.31. The monoisotopic (exact) mass is 642 g/mol. The molecule has 3 aromatic carbocycles. The summed E-state index contributed by atoms with van der Waals surface area (Å²) >= 11 is 15.6. The molecule has 1 saturated heterocycles. The lowest BCUT2D eigenvalue weighted by atomic mass is 10.1. The standard InChI is InChI=1S/C25H21Cl2IN2O4S/c1-2-33-21-12-15(25-30(23(32)14-35-25)19-9-5-17(27)6-10-19)11-20(28)24(21)34-13-22(31)29-18-7-3-16(26)4-8-18/h3-12,25H,2,13-14H2,1H3,(H,29,31)/t25-/m0/s1. The van der Waals surface area contributed by atoms with E-state index in [-0.39, 0.29) is 23.8 Å². The van der Waals surface area contributed by atoms with Gasteiger partial charge in [0.05, 0.1) is 15.9 Å². The van der Waals surface area contributed by atoms with Gasteiger partial charge in [0, 0.05) is 21.4 Å². The van der Waals surface area contributed by atoms with Gasteiger partial charge in [0.1, 0.15) is 5.37 Å². The molecule has 2 amide bonds. The smallest absolute Gasteiger partial charge is 0.262 e. The third kappa shape index (κ3) is 6.35. The van der Waals surface area contributed by atoms with E-state index in [2.05, 4.69) is 27.9 Å². The van der Waals surface area contributed by atoms with Crippen molar-refractivity contribution in [3.63, 3.8) is 0 Å². The predicted octanol–water partition coefficient (Wildman–Crippen LogP) is 6.79. The number of carbonyl (C=O) groups excluding carboxylic acids is 2. The molecule has 1 aliphatic rings. The van der Waals surface area contributed by atoms with Crippen molar-refractivity contribution in [1.82, 2.24) is 0 Å². The lowest BCUT2D eigenvalue weighted by molar-refractivity contribution is -0.118. The largest absolute Gasteiger partial charge is 0.490 e. The first-order valence-electron chi connectivity index (χ1n) is 10.7. The van der Waals surface area contributed by atoms with E-state index in [0.717, 1.165) is 14.8 Å². The lowest BCUT2D eigenvalue weighted by Gasteiger charge is -2.25. The fraction of sp³-hybridized carbons (Fsp3) is 0.200. The van der Waals surface area contributed by atoms with Gasteiger partial charge in [-0.1, -0.05) is 23.2 Å². The summed E-state index contributed by atoms with van der Waals surface area (Å²) in [6, 6.07) is 17.9. The molecule has 1 aliphatic heterocycles. The molecule has 1 N–H and O–H groups in total. The SMILES string of the molecule is CCOc1cc([C@@H]2SCC(=O)N2c2ccc(Cl)cc2)cc(I)c1OCC(=O)Nc1ccc(Cl)cc1. The zero-order valence-corrected chi connectivity index (χ0v) is 23.1. The Balaban J connectivity index is 1.54. The minimum Gasteiger partial charge on any atom is -0.490 e. The molecule has 0 radical (unpaired) electrons. The van der Waals surface area contributed by atoms with Gasteiger partial charge in [0.15, 0.2) is 18.1 Å². The normalized spacial score (nSPS) is 15.3. The summed E-state index contributed by atoms with van der Waals surface area (Å²) < 4.78 is 12.5. The number of nitrogens with zero attached hydrogens (tertiary/aromatic N) is 1. The van der Waals surface area contributed by atoms with Crippen molar-refractivity contribution >= 4 is 80.7 Å². The summed E-state index contributed by atoms with van der Waals surface area (Å²) in [5.74, 6) is 1.09. The Labute approximate surface area is 231 Å². The molecule has 0 saturated carbocycles. The maximum Gasteiger partial charge on any atom is 0.262 e. The minimum absolute atomic E-state index is 0.0227. The number of rotatable bonds is 8. The van der Waals surface area contributed by atoms with Gasteiger partial charge < -0.3 is 14.8 Å². The zero-order chi connectivity index (χ0) is 24.9. The van der Waals surface area contributed by atoms with Gasteiger partial charge in [-0.25, -0.2) is 0 Å². The molecular formula is C25H21Cl2IN2O4S. The second kappa shape index (κ2) is 11.7. The molecule has 0 bridgehead atoms. The number of anilines is 2. The van der Waals surface area contributed by atoms with Crippen LogP contribution in [0.4, 0.5) is 11.4 Å². The van der Waals surface area contributed by atoms with Crippen molar-refractivity contribution in [3.8, 4) is 11.5 Å². The van der Waals surface area contributed by atoms with Crippen LogP contribution in [0.1, 0.15) is 17.9 Å². The van der Waals surface area contributed by atoms with Crippen LogP contribution in [0.5, 0.6) is 11.5 Å². The topological polar surface area (TPSA) is 67.9 Å². The zero-order valence-electron chi connectivity index (χ0n) is 18.6. The maximum atomic E-state index is 12.7. The van der Waals surface area contributed by atoms with Crippen molar-refractivity contribution in [2.75, 3.05) is 29.2 Å². The molecule has 182 valence electrons. The number of halogens is 3. The van der Waals surface area contributed by atoms with Crippen molar-refractivity contribution < 1.29 is 19.1 Å². The highest BCUT2D eigenvalue weighted by atomic mass is 127. The molecule has 0 aromatic heterocycles. The molecule has 0 unspecified atom stereocenters. The van der Waals surface area contributed by atoms with Gasteiger partial charge in [0.2, 0.25) is 5.91 Å². The Kier molecular flexibility index (Phi) is 8.69. The average molecular weight is 643 g/mol. The number of benzene rings is 3. The van der Waals surface area contributed by atoms with E-state index in [1.165, 1.54) is 0 Å². The van der Waals surface area contributed by atoms with Gasteiger partial charge in [-0.3, -0.25) is 14.5 Å². The van der Waals surface area contributed by atoms with Crippen LogP contribution in [-0.4, -0.2) is 30.8 Å². The molecule has 35 heavy (non-hydrogen) atoms. The number of thioether (sulfide) groups is 1. The second-order valence-electron chi connectivity index (χ2n) is 7.51. The minimum atomic E-state index is -0.305. The highest BCUT2D eigenvalue weighted by Crippen LogP contribution is 2.45. The van der Waals surface area contributed by atoms with E-state index in [1.807, 2.05) is 31.2 Å². The molecule has 3 aromatic rings. The van der Waals surface area contributed by atoms with Crippen LogP contribution in [0.2, 0.25) is 10.0 Å². The third-order valence-electron chi connectivity index (χ3n) is 5.07. The fourth-order valence-electron chi connectivity index (χ4n) is 3.55. The summed E-state index contributed by atoms with van der Waals surface area (Å²) in [7, 11) is 0. The fourth-order valence-corrected chi connectivity index (χ4v) is 5.74. The van der Waals surface area contributed by atoms with Crippen LogP contribution in [0, 0.1) is 3.57 Å². The second-order valence-corrected chi connectivity index (χ2v) is 10.6. The molecular weight excluding hydrogens is 622 g/mol.